The molecule has 1 aliphatic rings. The van der Waals surface area contributed by atoms with Gasteiger partial charge in [0, 0.05) is 5.92 Å². The van der Waals surface area contributed by atoms with Crippen molar-refractivity contribution >= 4 is 0 Å². The van der Waals surface area contributed by atoms with Gasteiger partial charge in [-0.15, -0.1) is 0 Å². The molecule has 4 unspecified atom stereocenters. The molecule has 0 heterocycles. The van der Waals surface area contributed by atoms with Crippen LogP contribution in [0.25, 0.3) is 0 Å². The highest BCUT2D eigenvalue weighted by molar-refractivity contribution is 4.88. The van der Waals surface area contributed by atoms with Gasteiger partial charge in [0.25, 0.3) is 0 Å². The second-order valence-corrected chi connectivity index (χ2v) is 8.56. The van der Waals surface area contributed by atoms with Crippen molar-refractivity contribution in [2.45, 2.75) is 105 Å². The van der Waals surface area contributed by atoms with Gasteiger partial charge in [0.2, 0.25) is 0 Å². The number of hydrogen-bond donors (Lipinski definition) is 0. The van der Waals surface area contributed by atoms with E-state index < -0.39 is 0 Å². The normalized spacial score (nSPS) is 33.0. The van der Waals surface area contributed by atoms with Gasteiger partial charge in [-0.25, -0.2) is 19.6 Å². The van der Waals surface area contributed by atoms with Crippen LogP contribution in [0.4, 0.5) is 0 Å². The van der Waals surface area contributed by atoms with Crippen molar-refractivity contribution in [1.29, 1.82) is 0 Å². The highest BCUT2D eigenvalue weighted by Gasteiger charge is 2.43. The van der Waals surface area contributed by atoms with Gasteiger partial charge >= 0.3 is 0 Å². The molecule has 0 amide bonds. The Kier molecular flexibility index (Phi) is 7.52. The Balaban J connectivity index is 2.69. The average Bonchev–Trinajstić information content (AvgIpc) is 2.46. The van der Waals surface area contributed by atoms with Crippen LogP contribution in [-0.2, 0) is 19.6 Å². The third-order valence-corrected chi connectivity index (χ3v) is 5.37. The van der Waals surface area contributed by atoms with E-state index in [1.165, 1.54) is 0 Å². The molecule has 0 bridgehead atoms. The molecular formula is C19H38O4. The predicted molar refractivity (Wildman–Crippen MR) is 92.8 cm³/mol. The SMILES string of the molecule is CCC(C)(C)OOC1C(C)CC(C)C(OOC(C)(C)CC)C1C. The zero-order chi connectivity index (χ0) is 17.8. The Labute approximate surface area is 143 Å². The summed E-state index contributed by atoms with van der Waals surface area (Å²) in [6.45, 7) is 19.0. The lowest BCUT2D eigenvalue weighted by Gasteiger charge is -2.43. The summed E-state index contributed by atoms with van der Waals surface area (Å²) in [5, 5.41) is 0. The smallest absolute Gasteiger partial charge is 0.101 e. The summed E-state index contributed by atoms with van der Waals surface area (Å²) < 4.78 is 0. The first-order valence-electron chi connectivity index (χ1n) is 9.22. The van der Waals surface area contributed by atoms with E-state index in [9.17, 15) is 0 Å². The molecule has 23 heavy (non-hydrogen) atoms. The zero-order valence-electron chi connectivity index (χ0n) is 16.6. The lowest BCUT2D eigenvalue weighted by molar-refractivity contribution is -0.428. The topological polar surface area (TPSA) is 36.9 Å². The van der Waals surface area contributed by atoms with Crippen molar-refractivity contribution in [3.8, 4) is 0 Å². The van der Waals surface area contributed by atoms with Crippen molar-refractivity contribution in [3.05, 3.63) is 0 Å². The Hall–Kier alpha value is -0.160. The highest BCUT2D eigenvalue weighted by Crippen LogP contribution is 2.38. The van der Waals surface area contributed by atoms with Gasteiger partial charge in [-0.3, -0.25) is 0 Å². The lowest BCUT2D eigenvalue weighted by Crippen LogP contribution is -2.48. The molecule has 4 heteroatoms. The van der Waals surface area contributed by atoms with Crippen molar-refractivity contribution in [3.63, 3.8) is 0 Å². The minimum atomic E-state index is -0.264. The summed E-state index contributed by atoms with van der Waals surface area (Å²) in [6.07, 6.45) is 2.91. The molecule has 0 N–H and O–H groups in total. The summed E-state index contributed by atoms with van der Waals surface area (Å²) in [5.74, 6) is 1.09. The van der Waals surface area contributed by atoms with E-state index in [0.29, 0.717) is 11.8 Å². The molecule has 0 aromatic heterocycles. The van der Waals surface area contributed by atoms with Gasteiger partial charge in [0.05, 0.1) is 11.2 Å². The second-order valence-electron chi connectivity index (χ2n) is 8.56. The van der Waals surface area contributed by atoms with Crippen molar-refractivity contribution in [1.82, 2.24) is 0 Å². The van der Waals surface area contributed by atoms with E-state index >= 15 is 0 Å². The van der Waals surface area contributed by atoms with Crippen LogP contribution in [0.2, 0.25) is 0 Å². The van der Waals surface area contributed by atoms with Crippen LogP contribution in [0.1, 0.15) is 81.6 Å². The molecule has 4 nitrogen and oxygen atoms in total. The Bertz CT molecular complexity index is 321. The molecule has 4 atom stereocenters. The number of hydrogen-bond acceptors (Lipinski definition) is 4. The van der Waals surface area contributed by atoms with Crippen LogP contribution in [0.3, 0.4) is 0 Å². The Morgan fingerprint density at radius 3 is 1.39 bits per heavy atom. The predicted octanol–water partition coefficient (Wildman–Crippen LogP) is 5.31. The largest absolute Gasteiger partial charge is 0.232 e. The Morgan fingerprint density at radius 1 is 0.739 bits per heavy atom. The molecule has 1 aliphatic carbocycles. The maximum absolute atomic E-state index is 5.86. The van der Waals surface area contributed by atoms with Crippen molar-refractivity contribution < 1.29 is 19.6 Å². The fourth-order valence-electron chi connectivity index (χ4n) is 2.93. The van der Waals surface area contributed by atoms with E-state index in [1.54, 1.807) is 0 Å². The van der Waals surface area contributed by atoms with Crippen molar-refractivity contribution in [2.24, 2.45) is 17.8 Å². The molecule has 138 valence electrons. The van der Waals surface area contributed by atoms with Gasteiger partial charge in [0.1, 0.15) is 12.2 Å². The third-order valence-electron chi connectivity index (χ3n) is 5.37. The number of rotatable bonds is 8. The van der Waals surface area contributed by atoms with E-state index in [-0.39, 0.29) is 29.3 Å². The van der Waals surface area contributed by atoms with Gasteiger partial charge < -0.3 is 0 Å². The van der Waals surface area contributed by atoms with Crippen molar-refractivity contribution in [2.75, 3.05) is 0 Å². The van der Waals surface area contributed by atoms with E-state index in [4.69, 9.17) is 19.6 Å². The molecule has 1 fully saturated rings. The van der Waals surface area contributed by atoms with E-state index in [0.717, 1.165) is 19.3 Å². The monoisotopic (exact) mass is 330 g/mol. The first-order chi connectivity index (χ1) is 10.5. The fraction of sp³-hybridized carbons (Fsp3) is 1.00. The van der Waals surface area contributed by atoms with Crippen LogP contribution in [0.15, 0.2) is 0 Å². The van der Waals surface area contributed by atoms with Crippen LogP contribution in [0, 0.1) is 17.8 Å². The maximum atomic E-state index is 5.86. The second kappa shape index (κ2) is 8.28. The van der Waals surface area contributed by atoms with Gasteiger partial charge in [-0.2, -0.15) is 0 Å². The van der Waals surface area contributed by atoms with Gasteiger partial charge in [-0.1, -0.05) is 34.6 Å². The molecule has 0 spiro atoms. The minimum Gasteiger partial charge on any atom is -0.232 e. The molecule has 0 aromatic rings. The molecule has 1 rings (SSSR count). The zero-order valence-corrected chi connectivity index (χ0v) is 16.6. The Morgan fingerprint density at radius 2 is 1.09 bits per heavy atom. The molecule has 0 aliphatic heterocycles. The van der Waals surface area contributed by atoms with Gasteiger partial charge in [0.15, 0.2) is 0 Å². The van der Waals surface area contributed by atoms with Crippen LogP contribution in [-0.4, -0.2) is 23.4 Å². The quantitative estimate of drug-likeness (QED) is 0.446. The summed E-state index contributed by atoms with van der Waals surface area (Å²) in [4.78, 5) is 23.2. The van der Waals surface area contributed by atoms with Crippen LogP contribution < -0.4 is 0 Å². The third kappa shape index (κ3) is 6.00. The van der Waals surface area contributed by atoms with E-state index in [2.05, 4.69) is 62.3 Å². The minimum absolute atomic E-state index is 0.0235. The lowest BCUT2D eigenvalue weighted by atomic mass is 9.73. The molecule has 0 radical (unpaired) electrons. The summed E-state index contributed by atoms with van der Waals surface area (Å²) in [5.41, 5.74) is -0.529. The first-order valence-corrected chi connectivity index (χ1v) is 9.22. The molecule has 1 saturated carbocycles. The van der Waals surface area contributed by atoms with Crippen LogP contribution in [0.5, 0.6) is 0 Å². The molecule has 0 saturated heterocycles. The maximum Gasteiger partial charge on any atom is 0.101 e. The van der Waals surface area contributed by atoms with E-state index in [1.807, 2.05) is 0 Å². The summed E-state index contributed by atoms with van der Waals surface area (Å²) in [7, 11) is 0. The summed E-state index contributed by atoms with van der Waals surface area (Å²) in [6, 6.07) is 0. The highest BCUT2D eigenvalue weighted by atomic mass is 17.2. The van der Waals surface area contributed by atoms with Crippen LogP contribution >= 0.6 is 0 Å². The summed E-state index contributed by atoms with van der Waals surface area (Å²) >= 11 is 0. The van der Waals surface area contributed by atoms with Gasteiger partial charge in [-0.05, 0) is 58.8 Å². The fourth-order valence-corrected chi connectivity index (χ4v) is 2.93. The average molecular weight is 331 g/mol. The standard InChI is InChI=1S/C19H38O4/c1-10-18(6,7)22-20-16-13(3)12-14(4)17(15(16)5)21-23-19(8,9)11-2/h13-17H,10-12H2,1-9H3. The molecule has 0 aromatic carbocycles. The first kappa shape index (κ1) is 20.9. The molecular weight excluding hydrogens is 292 g/mol.